The fraction of sp³-hybridized carbons (Fsp3) is 0.310. The van der Waals surface area contributed by atoms with E-state index in [0.717, 1.165) is 22.3 Å². The molecule has 0 radical (unpaired) electrons. The molecule has 37 heavy (non-hydrogen) atoms. The molecule has 1 aliphatic heterocycles. The Morgan fingerprint density at radius 3 is 2.43 bits per heavy atom. The average molecular weight is 506 g/mol. The minimum atomic E-state index is -2.98. The molecule has 2 heterocycles. The lowest BCUT2D eigenvalue weighted by atomic mass is 9.92. The predicted molar refractivity (Wildman–Crippen MR) is 139 cm³/mol. The monoisotopic (exact) mass is 505 g/mol. The minimum absolute atomic E-state index is 0.141. The summed E-state index contributed by atoms with van der Waals surface area (Å²) in [5, 5.41) is 5.63. The summed E-state index contributed by atoms with van der Waals surface area (Å²) in [6.07, 6.45) is 3.04. The number of ketones is 1. The Morgan fingerprint density at radius 1 is 1.08 bits per heavy atom. The molecule has 0 fully saturated rings. The molecule has 1 unspecified atom stereocenters. The summed E-state index contributed by atoms with van der Waals surface area (Å²) in [5.41, 5.74) is 4.77. The molecule has 1 atom stereocenters. The van der Waals surface area contributed by atoms with Crippen LogP contribution in [0.4, 0.5) is 14.5 Å². The second-order valence-electron chi connectivity index (χ2n) is 9.26. The maximum atomic E-state index is 14.1. The topological polar surface area (TPSA) is 71.9 Å². The van der Waals surface area contributed by atoms with Gasteiger partial charge in [0.05, 0.1) is 18.5 Å². The van der Waals surface area contributed by atoms with Gasteiger partial charge in [-0.1, -0.05) is 25.1 Å². The summed E-state index contributed by atoms with van der Waals surface area (Å²) in [6.45, 7) is 6.94. The molecule has 0 saturated carbocycles. The van der Waals surface area contributed by atoms with Crippen molar-refractivity contribution in [3.63, 3.8) is 0 Å². The van der Waals surface area contributed by atoms with E-state index in [-0.39, 0.29) is 24.2 Å². The number of pyridine rings is 1. The average Bonchev–Trinajstić information content (AvgIpc) is 3.17. The number of halogens is 2. The van der Waals surface area contributed by atoms with Crippen molar-refractivity contribution in [2.45, 2.75) is 46.5 Å². The Kier molecular flexibility index (Phi) is 7.21. The van der Waals surface area contributed by atoms with Crippen LogP contribution in [-0.4, -0.2) is 29.5 Å². The minimum Gasteiger partial charge on any atom is -0.496 e. The van der Waals surface area contributed by atoms with Gasteiger partial charge in [-0.25, -0.2) is 8.78 Å². The number of nitrogens with zero attached hydrogens (tertiary/aromatic N) is 3. The van der Waals surface area contributed by atoms with Crippen molar-refractivity contribution >= 4 is 23.1 Å². The van der Waals surface area contributed by atoms with Gasteiger partial charge in [-0.3, -0.25) is 14.6 Å². The fourth-order valence-electron chi connectivity index (χ4n) is 4.69. The first-order valence-electron chi connectivity index (χ1n) is 12.1. The van der Waals surface area contributed by atoms with Gasteiger partial charge in [-0.2, -0.15) is 10.1 Å². The Balaban J connectivity index is 1.62. The number of hydrazone groups is 1. The van der Waals surface area contributed by atoms with Crippen molar-refractivity contribution in [3.8, 4) is 16.9 Å². The number of anilines is 1. The Bertz CT molecular complexity index is 1380. The molecule has 0 N–H and O–H groups in total. The second kappa shape index (κ2) is 10.2. The lowest BCUT2D eigenvalue weighted by Gasteiger charge is -2.19. The van der Waals surface area contributed by atoms with E-state index >= 15 is 0 Å². The van der Waals surface area contributed by atoms with Gasteiger partial charge >= 0.3 is 0 Å². The van der Waals surface area contributed by atoms with Crippen molar-refractivity contribution in [3.05, 3.63) is 77.1 Å². The number of carbonyl (C=O) groups is 2. The number of aromatic nitrogens is 1. The van der Waals surface area contributed by atoms with Gasteiger partial charge in [0.1, 0.15) is 11.7 Å². The van der Waals surface area contributed by atoms with E-state index in [1.165, 1.54) is 30.1 Å². The van der Waals surface area contributed by atoms with Crippen LogP contribution in [0.2, 0.25) is 0 Å². The van der Waals surface area contributed by atoms with Crippen molar-refractivity contribution < 1.29 is 23.1 Å². The highest BCUT2D eigenvalue weighted by molar-refractivity contribution is 6.27. The van der Waals surface area contributed by atoms with Crippen LogP contribution in [0.15, 0.2) is 60.0 Å². The highest BCUT2D eigenvalue weighted by Gasteiger charge is 2.39. The molecular formula is C29H29F2N3O3. The van der Waals surface area contributed by atoms with Crippen LogP contribution < -0.4 is 9.75 Å². The first-order chi connectivity index (χ1) is 17.6. The summed E-state index contributed by atoms with van der Waals surface area (Å²) in [5.74, 6) is -4.29. The van der Waals surface area contributed by atoms with Gasteiger partial charge in [0, 0.05) is 36.4 Å². The zero-order chi connectivity index (χ0) is 26.9. The van der Waals surface area contributed by atoms with Gasteiger partial charge in [0.25, 0.3) is 11.8 Å². The summed E-state index contributed by atoms with van der Waals surface area (Å²) in [7, 11) is 1.58. The maximum Gasteiger partial charge on any atom is 0.273 e. The number of alkyl halides is 2. The number of hydrogen-bond donors (Lipinski definition) is 0. The number of Topliss-reactive ketones (excluding diaryl/α,β-unsaturated/α-hetero) is 1. The van der Waals surface area contributed by atoms with E-state index in [9.17, 15) is 18.4 Å². The van der Waals surface area contributed by atoms with E-state index in [1.807, 2.05) is 19.9 Å². The van der Waals surface area contributed by atoms with E-state index in [0.29, 0.717) is 22.7 Å². The SMILES string of the molecule is CCC(F)(F)c1cccc(CC(=O)C2C(=O)N(c3ccc(OC)c(-c4c(C)cncc4C)c3)N=C2C)c1. The Hall–Kier alpha value is -3.94. The number of benzene rings is 2. The van der Waals surface area contributed by atoms with Gasteiger partial charge in [0.15, 0.2) is 5.78 Å². The van der Waals surface area contributed by atoms with E-state index in [2.05, 4.69) is 10.1 Å². The third-order valence-corrected chi connectivity index (χ3v) is 6.65. The fourth-order valence-corrected chi connectivity index (χ4v) is 4.69. The Morgan fingerprint density at radius 2 is 1.78 bits per heavy atom. The van der Waals surface area contributed by atoms with Crippen LogP contribution in [0.3, 0.4) is 0 Å². The molecule has 0 saturated heterocycles. The normalized spacial score (nSPS) is 15.6. The Labute approximate surface area is 215 Å². The number of hydrogen-bond acceptors (Lipinski definition) is 5. The first kappa shape index (κ1) is 26.1. The van der Waals surface area contributed by atoms with Gasteiger partial charge in [-0.05, 0) is 67.3 Å². The predicted octanol–water partition coefficient (Wildman–Crippen LogP) is 6.03. The highest BCUT2D eigenvalue weighted by atomic mass is 19.3. The van der Waals surface area contributed by atoms with Gasteiger partial charge in [0.2, 0.25) is 0 Å². The van der Waals surface area contributed by atoms with Crippen LogP contribution >= 0.6 is 0 Å². The summed E-state index contributed by atoms with van der Waals surface area (Å²) >= 11 is 0. The molecule has 192 valence electrons. The van der Waals surface area contributed by atoms with Gasteiger partial charge < -0.3 is 4.74 Å². The third-order valence-electron chi connectivity index (χ3n) is 6.65. The van der Waals surface area contributed by atoms with Crippen molar-refractivity contribution in [1.82, 2.24) is 4.98 Å². The number of carbonyl (C=O) groups excluding carboxylic acids is 2. The lowest BCUT2D eigenvalue weighted by Crippen LogP contribution is -2.33. The molecule has 4 rings (SSSR count). The number of methoxy groups -OCH3 is 1. The molecule has 1 aliphatic rings. The molecule has 1 aromatic heterocycles. The molecule has 8 heteroatoms. The lowest BCUT2D eigenvalue weighted by molar-refractivity contribution is -0.128. The third kappa shape index (κ3) is 5.01. The molecule has 1 amide bonds. The second-order valence-corrected chi connectivity index (χ2v) is 9.26. The number of amides is 1. The summed E-state index contributed by atoms with van der Waals surface area (Å²) in [4.78, 5) is 30.8. The zero-order valence-electron chi connectivity index (χ0n) is 21.5. The summed E-state index contributed by atoms with van der Waals surface area (Å²) in [6, 6.07) is 11.1. The van der Waals surface area contributed by atoms with Crippen LogP contribution in [0, 0.1) is 19.8 Å². The number of rotatable bonds is 8. The molecule has 2 aromatic carbocycles. The van der Waals surface area contributed by atoms with Crippen LogP contribution in [0.25, 0.3) is 11.1 Å². The molecule has 0 bridgehead atoms. The standard InChI is InChI=1S/C29H29F2N3O3/c1-6-29(30,31)21-9-7-8-20(12-21)13-24(35)27-19(4)33-34(28(27)36)22-10-11-25(37-5)23(14-22)26-17(2)15-32-16-18(26)3/h7-12,14-16,27H,6,13H2,1-5H3. The largest absolute Gasteiger partial charge is 0.496 e. The highest BCUT2D eigenvalue weighted by Crippen LogP contribution is 2.38. The first-order valence-corrected chi connectivity index (χ1v) is 12.1. The molecule has 0 aliphatic carbocycles. The smallest absolute Gasteiger partial charge is 0.273 e. The zero-order valence-corrected chi connectivity index (χ0v) is 21.5. The summed E-state index contributed by atoms with van der Waals surface area (Å²) < 4.78 is 33.9. The molecular weight excluding hydrogens is 476 g/mol. The van der Waals surface area contributed by atoms with Crippen LogP contribution in [0.5, 0.6) is 5.75 Å². The van der Waals surface area contributed by atoms with E-state index in [4.69, 9.17) is 4.74 Å². The van der Waals surface area contributed by atoms with Crippen molar-refractivity contribution in [1.29, 1.82) is 0 Å². The van der Waals surface area contributed by atoms with Crippen molar-refractivity contribution in [2.24, 2.45) is 11.0 Å². The van der Waals surface area contributed by atoms with Crippen molar-refractivity contribution in [2.75, 3.05) is 12.1 Å². The quantitative estimate of drug-likeness (QED) is 0.351. The van der Waals surface area contributed by atoms with Gasteiger partial charge in [-0.15, -0.1) is 0 Å². The molecule has 6 nitrogen and oxygen atoms in total. The van der Waals surface area contributed by atoms with Crippen LogP contribution in [-0.2, 0) is 21.9 Å². The van der Waals surface area contributed by atoms with E-state index in [1.54, 1.807) is 44.6 Å². The number of ether oxygens (including phenoxy) is 1. The van der Waals surface area contributed by atoms with E-state index < -0.39 is 17.7 Å². The maximum absolute atomic E-state index is 14.1. The number of aryl methyl sites for hydroxylation is 2. The van der Waals surface area contributed by atoms with Crippen LogP contribution in [0.1, 0.15) is 42.5 Å². The molecule has 3 aromatic rings. The molecule has 0 spiro atoms.